The van der Waals surface area contributed by atoms with Crippen molar-refractivity contribution in [3.8, 4) is 0 Å². The lowest BCUT2D eigenvalue weighted by molar-refractivity contribution is -0.356. The zero-order valence-corrected chi connectivity index (χ0v) is 40.1. The summed E-state index contributed by atoms with van der Waals surface area (Å²) < 4.78 is 85.2. The molecule has 3 N–H and O–H groups in total. The number of carbonyl (C=O) groups is 2. The molecule has 0 aromatic heterocycles. The Morgan fingerprint density at radius 2 is 1.31 bits per heavy atom. The van der Waals surface area contributed by atoms with Crippen molar-refractivity contribution < 1.29 is 91.2 Å². The van der Waals surface area contributed by atoms with Crippen LogP contribution in [0.1, 0.15) is 99.3 Å². The maximum atomic E-state index is 13.7. The van der Waals surface area contributed by atoms with E-state index in [1.165, 1.54) is 12.7 Å². The highest BCUT2D eigenvalue weighted by atomic mass is 16.8. The fourth-order valence-corrected chi connectivity index (χ4v) is 12.5. The van der Waals surface area contributed by atoms with Crippen LogP contribution in [0.2, 0.25) is 0 Å². The van der Waals surface area contributed by atoms with E-state index in [-0.39, 0.29) is 41.7 Å². The summed E-state index contributed by atoms with van der Waals surface area (Å²) in [6.07, 6.45) is -4.96. The van der Waals surface area contributed by atoms with Crippen LogP contribution < -0.4 is 0 Å². The second-order valence-corrected chi connectivity index (χ2v) is 20.5. The molecule has 9 aliphatic rings. The Hall–Kier alpha value is -2.18. The van der Waals surface area contributed by atoms with Gasteiger partial charge in [0.2, 0.25) is 12.1 Å². The fourth-order valence-electron chi connectivity index (χ4n) is 12.5. The van der Waals surface area contributed by atoms with Crippen LogP contribution in [0.4, 0.5) is 0 Å². The molecule has 7 aliphatic heterocycles. The molecule has 0 radical (unpaired) electrons. The van der Waals surface area contributed by atoms with Gasteiger partial charge in [-0.05, 0) is 71.1 Å². The first kappa shape index (κ1) is 49.8. The monoisotopic (exact) mass is 952 g/mol. The van der Waals surface area contributed by atoms with Gasteiger partial charge in [0.15, 0.2) is 25.2 Å². The highest BCUT2D eigenvalue weighted by Crippen LogP contribution is 2.57. The maximum Gasteiger partial charge on any atom is 0.336 e. The molecule has 7 fully saturated rings. The molecule has 2 unspecified atom stereocenters. The standard InChI is InChI=1S/C48H72O19/c1-21-38(50)32(54-7)19-35(57-21)63-41-23(3)59-36(20-33(41)55-8)62-40-22(2)58-34(18-31(40)49)64-42-24(4)60-46(39(51)43(42)56-9)61-26-14-15-47(5)25(16-26)10-11-27-29(47)13-12-28-30-17-37(65-44(27)52)66-48(30,6)67-45(28)53/h10,12,21-24,26-27,29-43,46,49-51H,11,13-20H2,1-9H3/b28-12+/t21-,22+,23-,24+,26-,27+,29-,30-,31-,32-,33+,34-,35-,36+,37?,38+,39+,40+,41-,42+,43+,46-,47-,48?/m0/s1. The minimum Gasteiger partial charge on any atom is -0.435 e. The lowest BCUT2D eigenvalue weighted by Gasteiger charge is -2.51. The Bertz CT molecular complexity index is 1830. The Kier molecular flexibility index (Phi) is 14.7. The summed E-state index contributed by atoms with van der Waals surface area (Å²) in [7, 11) is 4.64. The van der Waals surface area contributed by atoms with E-state index in [1.54, 1.807) is 35.0 Å². The van der Waals surface area contributed by atoms with E-state index < -0.39 is 123 Å². The molecule has 0 aromatic carbocycles. The van der Waals surface area contributed by atoms with E-state index in [1.807, 2.05) is 19.9 Å². The van der Waals surface area contributed by atoms with Crippen molar-refractivity contribution in [3.05, 3.63) is 23.3 Å². The smallest absolute Gasteiger partial charge is 0.336 e. The molecule has 0 aromatic rings. The predicted octanol–water partition coefficient (Wildman–Crippen LogP) is 3.07. The van der Waals surface area contributed by atoms with E-state index in [0.29, 0.717) is 56.9 Å². The van der Waals surface area contributed by atoms with Gasteiger partial charge >= 0.3 is 11.9 Å². The zero-order chi connectivity index (χ0) is 47.7. The van der Waals surface area contributed by atoms with Gasteiger partial charge in [-0.3, -0.25) is 9.53 Å². The first-order valence-corrected chi connectivity index (χ1v) is 24.3. The maximum absolute atomic E-state index is 13.7. The largest absolute Gasteiger partial charge is 0.435 e. The van der Waals surface area contributed by atoms with Crippen LogP contribution in [-0.4, -0.2) is 171 Å². The molecule has 2 bridgehead atoms. The van der Waals surface area contributed by atoms with Gasteiger partial charge in [-0.15, -0.1) is 0 Å². The van der Waals surface area contributed by atoms with Gasteiger partial charge in [0.05, 0.1) is 60.7 Å². The van der Waals surface area contributed by atoms with Gasteiger partial charge < -0.3 is 76.9 Å². The Morgan fingerprint density at radius 1 is 0.672 bits per heavy atom. The molecule has 7 heterocycles. The van der Waals surface area contributed by atoms with Gasteiger partial charge in [-0.1, -0.05) is 24.6 Å². The minimum atomic E-state index is -1.21. The van der Waals surface area contributed by atoms with Gasteiger partial charge in [0.25, 0.3) is 0 Å². The molecule has 378 valence electrons. The first-order chi connectivity index (χ1) is 31.9. The quantitative estimate of drug-likeness (QED) is 0.200. The number of ether oxygens (including phenoxy) is 14. The number of fused-ring (bicyclic) bond motifs is 4. The van der Waals surface area contributed by atoms with Crippen LogP contribution in [0.25, 0.3) is 0 Å². The number of esters is 2. The average molecular weight is 953 g/mol. The molecule has 67 heavy (non-hydrogen) atoms. The summed E-state index contributed by atoms with van der Waals surface area (Å²) in [6.45, 7) is 11.2. The number of hydrogen-bond acceptors (Lipinski definition) is 19. The van der Waals surface area contributed by atoms with Crippen molar-refractivity contribution in [1.29, 1.82) is 0 Å². The summed E-state index contributed by atoms with van der Waals surface area (Å²) in [4.78, 5) is 26.6. The number of aliphatic hydroxyl groups is 3. The number of rotatable bonds is 11. The van der Waals surface area contributed by atoms with Crippen molar-refractivity contribution in [2.24, 2.45) is 23.2 Å². The van der Waals surface area contributed by atoms with Crippen LogP contribution in [0, 0.1) is 23.2 Å². The third-order valence-electron chi connectivity index (χ3n) is 16.4. The van der Waals surface area contributed by atoms with E-state index in [0.717, 1.165) is 0 Å². The molecule has 9 rings (SSSR count). The number of hydrogen-bond donors (Lipinski definition) is 3. The van der Waals surface area contributed by atoms with Crippen molar-refractivity contribution in [3.63, 3.8) is 0 Å². The topological polar surface area (TPSA) is 224 Å². The van der Waals surface area contributed by atoms with E-state index in [4.69, 9.17) is 66.3 Å². The van der Waals surface area contributed by atoms with Crippen LogP contribution in [0.3, 0.4) is 0 Å². The zero-order valence-electron chi connectivity index (χ0n) is 40.1. The number of allylic oxidation sites excluding steroid dienone is 2. The molecular weight excluding hydrogens is 881 g/mol. The first-order valence-electron chi connectivity index (χ1n) is 24.3. The summed E-state index contributed by atoms with van der Waals surface area (Å²) in [5.41, 5.74) is 1.40. The summed E-state index contributed by atoms with van der Waals surface area (Å²) in [5.74, 6) is -2.61. The van der Waals surface area contributed by atoms with Crippen LogP contribution in [-0.2, 0) is 75.9 Å². The summed E-state index contributed by atoms with van der Waals surface area (Å²) in [6, 6.07) is 0. The van der Waals surface area contributed by atoms with Crippen LogP contribution in [0.15, 0.2) is 23.3 Å². The molecule has 1 saturated carbocycles. The Balaban J connectivity index is 0.778. The Morgan fingerprint density at radius 3 is 2.01 bits per heavy atom. The molecule has 2 aliphatic carbocycles. The second kappa shape index (κ2) is 19.8. The lowest BCUT2D eigenvalue weighted by atomic mass is 9.55. The average Bonchev–Trinajstić information content (AvgIpc) is 3.71. The fraction of sp³-hybridized carbons (Fsp3) is 0.875. The number of aliphatic hydroxyl groups excluding tert-OH is 3. The van der Waals surface area contributed by atoms with Crippen molar-refractivity contribution in [1.82, 2.24) is 0 Å². The van der Waals surface area contributed by atoms with Crippen LogP contribution >= 0.6 is 0 Å². The SMILES string of the molecule is CO[C@@H]1[C@@H](O)[C@H](O[C@H]2CC[C@@]3(C)C(=CC[C@H]4C(=O)OC5C[C@H]6/C(=C\C[C@@H]43)C(=O)OC6(C)O5)C2)O[C@H](C)[C@H]1O[C@H]1C[C@H](O)[C@H](O[C@@H]2C[C@@H](OC)[C@@H](O[C@H]3C[C@H](OC)[C@H](O)[C@H](C)O3)[C@H](C)O2)[C@@H](C)O1. The number of carbonyl (C=O) groups excluding carboxylic acids is 2. The molecule has 6 saturated heterocycles. The van der Waals surface area contributed by atoms with Crippen molar-refractivity contribution >= 4 is 11.9 Å². The van der Waals surface area contributed by atoms with E-state index >= 15 is 0 Å². The number of methoxy groups -OCH3 is 3. The van der Waals surface area contributed by atoms with Crippen LogP contribution in [0.5, 0.6) is 0 Å². The van der Waals surface area contributed by atoms with E-state index in [9.17, 15) is 24.9 Å². The molecule has 24 atom stereocenters. The molecule has 19 nitrogen and oxygen atoms in total. The Labute approximate surface area is 392 Å². The van der Waals surface area contributed by atoms with Gasteiger partial charge in [0, 0.05) is 59.5 Å². The normalized spacial score (nSPS) is 51.9. The molecule has 0 spiro atoms. The third-order valence-corrected chi connectivity index (χ3v) is 16.4. The van der Waals surface area contributed by atoms with Crippen molar-refractivity contribution in [2.45, 2.75) is 222 Å². The van der Waals surface area contributed by atoms with E-state index in [2.05, 4.69) is 13.0 Å². The molecule has 19 heteroatoms. The lowest BCUT2D eigenvalue weighted by Crippen LogP contribution is -2.61. The molecule has 0 amide bonds. The van der Waals surface area contributed by atoms with Gasteiger partial charge in [-0.25, -0.2) is 4.79 Å². The summed E-state index contributed by atoms with van der Waals surface area (Å²) >= 11 is 0. The third kappa shape index (κ3) is 9.55. The highest BCUT2D eigenvalue weighted by molar-refractivity contribution is 5.92. The van der Waals surface area contributed by atoms with Gasteiger partial charge in [0.1, 0.15) is 36.6 Å². The predicted molar refractivity (Wildman–Crippen MR) is 229 cm³/mol. The van der Waals surface area contributed by atoms with Crippen molar-refractivity contribution in [2.75, 3.05) is 21.3 Å². The second-order valence-electron chi connectivity index (χ2n) is 20.5. The molecular formula is C48H72O19. The minimum absolute atomic E-state index is 0.0706. The highest BCUT2D eigenvalue weighted by Gasteiger charge is 2.60. The van der Waals surface area contributed by atoms with Gasteiger partial charge in [-0.2, -0.15) is 0 Å². The summed E-state index contributed by atoms with van der Waals surface area (Å²) in [5, 5.41) is 33.5.